The van der Waals surface area contributed by atoms with E-state index in [9.17, 15) is 5.11 Å². The van der Waals surface area contributed by atoms with Crippen molar-refractivity contribution in [1.82, 2.24) is 9.78 Å². The molecule has 19 heavy (non-hydrogen) atoms. The van der Waals surface area contributed by atoms with Crippen LogP contribution in [-0.2, 0) is 6.54 Å². The van der Waals surface area contributed by atoms with Gasteiger partial charge in [-0.15, -0.1) is 0 Å². The van der Waals surface area contributed by atoms with Crippen molar-refractivity contribution in [3.05, 3.63) is 46.2 Å². The Balaban J connectivity index is 2.48. The number of aliphatic hydroxyl groups excluding tert-OH is 1. The standard InChI is InChI=1S/C14H17ClN2O2/c1-4-17-12(7-9(2)16-17)14(18)11-8-10(15)5-6-13(11)19-3/h5-8,14,18H,4H2,1-3H3. The van der Waals surface area contributed by atoms with Gasteiger partial charge in [-0.05, 0) is 38.1 Å². The van der Waals surface area contributed by atoms with Gasteiger partial charge in [-0.25, -0.2) is 0 Å². The zero-order valence-corrected chi connectivity index (χ0v) is 12.0. The van der Waals surface area contributed by atoms with Crippen molar-refractivity contribution in [3.63, 3.8) is 0 Å². The van der Waals surface area contributed by atoms with Gasteiger partial charge in [0, 0.05) is 17.1 Å². The van der Waals surface area contributed by atoms with Crippen LogP contribution in [0.4, 0.5) is 0 Å². The SMILES string of the molecule is CCn1nc(C)cc1C(O)c1cc(Cl)ccc1OC. The molecule has 0 saturated heterocycles. The third kappa shape index (κ3) is 2.74. The predicted molar refractivity (Wildman–Crippen MR) is 74.7 cm³/mol. The first-order valence-corrected chi connectivity index (χ1v) is 6.50. The number of rotatable bonds is 4. The van der Waals surface area contributed by atoms with E-state index < -0.39 is 6.10 Å². The van der Waals surface area contributed by atoms with Gasteiger partial charge in [0.1, 0.15) is 11.9 Å². The van der Waals surface area contributed by atoms with E-state index in [0.717, 1.165) is 11.4 Å². The largest absolute Gasteiger partial charge is 0.496 e. The second kappa shape index (κ2) is 5.63. The highest BCUT2D eigenvalue weighted by molar-refractivity contribution is 6.30. The summed E-state index contributed by atoms with van der Waals surface area (Å²) in [4.78, 5) is 0. The van der Waals surface area contributed by atoms with E-state index in [4.69, 9.17) is 16.3 Å². The molecule has 0 bridgehead atoms. The Hall–Kier alpha value is -1.52. The number of methoxy groups -OCH3 is 1. The minimum absolute atomic E-state index is 0.564. The maximum atomic E-state index is 10.6. The Bertz CT molecular complexity index is 581. The smallest absolute Gasteiger partial charge is 0.125 e. The summed E-state index contributed by atoms with van der Waals surface area (Å²) in [5.41, 5.74) is 2.25. The molecule has 0 spiro atoms. The lowest BCUT2D eigenvalue weighted by Gasteiger charge is -2.16. The van der Waals surface area contributed by atoms with Crippen LogP contribution in [0, 0.1) is 6.92 Å². The predicted octanol–water partition coefficient (Wildman–Crippen LogP) is 2.96. The molecular formula is C14H17ClN2O2. The fourth-order valence-electron chi connectivity index (χ4n) is 2.12. The molecule has 1 unspecified atom stereocenters. The first-order valence-electron chi connectivity index (χ1n) is 6.12. The Morgan fingerprint density at radius 1 is 1.42 bits per heavy atom. The lowest BCUT2D eigenvalue weighted by Crippen LogP contribution is -2.10. The molecule has 4 nitrogen and oxygen atoms in total. The van der Waals surface area contributed by atoms with Gasteiger partial charge in [-0.3, -0.25) is 4.68 Å². The summed E-state index contributed by atoms with van der Waals surface area (Å²) >= 11 is 6.00. The van der Waals surface area contributed by atoms with Crippen molar-refractivity contribution in [2.75, 3.05) is 7.11 Å². The average Bonchev–Trinajstić information content (AvgIpc) is 2.79. The molecule has 1 aromatic heterocycles. The number of hydrogen-bond donors (Lipinski definition) is 1. The lowest BCUT2D eigenvalue weighted by molar-refractivity contribution is 0.203. The number of aryl methyl sites for hydroxylation is 2. The summed E-state index contributed by atoms with van der Waals surface area (Å²) in [6.45, 7) is 4.58. The monoisotopic (exact) mass is 280 g/mol. The zero-order valence-electron chi connectivity index (χ0n) is 11.2. The lowest BCUT2D eigenvalue weighted by atomic mass is 10.0. The topological polar surface area (TPSA) is 47.3 Å². The Kier molecular flexibility index (Phi) is 4.12. The molecule has 0 aliphatic heterocycles. The maximum absolute atomic E-state index is 10.6. The third-order valence-electron chi connectivity index (χ3n) is 3.00. The number of hydrogen-bond acceptors (Lipinski definition) is 3. The van der Waals surface area contributed by atoms with Crippen LogP contribution in [-0.4, -0.2) is 22.0 Å². The van der Waals surface area contributed by atoms with Crippen LogP contribution in [0.1, 0.15) is 30.0 Å². The van der Waals surface area contributed by atoms with Crippen LogP contribution in [0.2, 0.25) is 5.02 Å². The number of benzene rings is 1. The van der Waals surface area contributed by atoms with Crippen LogP contribution in [0.5, 0.6) is 5.75 Å². The van der Waals surface area contributed by atoms with E-state index in [1.807, 2.05) is 19.9 Å². The van der Waals surface area contributed by atoms with Gasteiger partial charge < -0.3 is 9.84 Å². The van der Waals surface area contributed by atoms with E-state index in [0.29, 0.717) is 22.9 Å². The van der Waals surface area contributed by atoms with Crippen molar-refractivity contribution in [1.29, 1.82) is 0 Å². The normalized spacial score (nSPS) is 12.5. The van der Waals surface area contributed by atoms with Gasteiger partial charge in [0.05, 0.1) is 18.5 Å². The van der Waals surface area contributed by atoms with Crippen molar-refractivity contribution >= 4 is 11.6 Å². The molecule has 2 aromatic rings. The minimum Gasteiger partial charge on any atom is -0.496 e. The highest BCUT2D eigenvalue weighted by Gasteiger charge is 2.20. The molecule has 0 radical (unpaired) electrons. The highest BCUT2D eigenvalue weighted by Crippen LogP contribution is 2.32. The Morgan fingerprint density at radius 2 is 2.16 bits per heavy atom. The number of nitrogens with zero attached hydrogens (tertiary/aromatic N) is 2. The number of aromatic nitrogens is 2. The van der Waals surface area contributed by atoms with Gasteiger partial charge in [-0.1, -0.05) is 11.6 Å². The summed E-state index contributed by atoms with van der Waals surface area (Å²) in [6, 6.07) is 7.07. The molecule has 5 heteroatoms. The van der Waals surface area contributed by atoms with Gasteiger partial charge >= 0.3 is 0 Å². The zero-order chi connectivity index (χ0) is 14.0. The number of halogens is 1. The van der Waals surface area contributed by atoms with Crippen LogP contribution < -0.4 is 4.74 Å². The maximum Gasteiger partial charge on any atom is 0.125 e. The van der Waals surface area contributed by atoms with E-state index in [1.54, 1.807) is 30.0 Å². The van der Waals surface area contributed by atoms with Gasteiger partial charge in [0.15, 0.2) is 0 Å². The van der Waals surface area contributed by atoms with Crippen molar-refractivity contribution in [3.8, 4) is 5.75 Å². The minimum atomic E-state index is -0.810. The summed E-state index contributed by atoms with van der Waals surface area (Å²) in [5, 5.41) is 15.5. The molecule has 0 amide bonds. The quantitative estimate of drug-likeness (QED) is 0.937. The fraction of sp³-hybridized carbons (Fsp3) is 0.357. The summed E-state index contributed by atoms with van der Waals surface area (Å²) in [7, 11) is 1.57. The van der Waals surface area contributed by atoms with E-state index in [1.165, 1.54) is 0 Å². The summed E-state index contributed by atoms with van der Waals surface area (Å²) < 4.78 is 7.05. The van der Waals surface area contributed by atoms with E-state index in [-0.39, 0.29) is 0 Å². The van der Waals surface area contributed by atoms with Gasteiger partial charge in [0.2, 0.25) is 0 Å². The molecule has 0 saturated carbocycles. The number of aliphatic hydroxyl groups is 1. The first kappa shape index (κ1) is 13.9. The molecule has 1 heterocycles. The van der Waals surface area contributed by atoms with E-state index in [2.05, 4.69) is 5.10 Å². The van der Waals surface area contributed by atoms with Crippen LogP contribution >= 0.6 is 11.6 Å². The van der Waals surface area contributed by atoms with E-state index >= 15 is 0 Å². The van der Waals surface area contributed by atoms with Crippen molar-refractivity contribution in [2.24, 2.45) is 0 Å². The van der Waals surface area contributed by atoms with Crippen LogP contribution in [0.15, 0.2) is 24.3 Å². The Morgan fingerprint density at radius 3 is 2.79 bits per heavy atom. The van der Waals surface area contributed by atoms with Crippen molar-refractivity contribution < 1.29 is 9.84 Å². The molecule has 1 N–H and O–H groups in total. The van der Waals surface area contributed by atoms with Crippen LogP contribution in [0.25, 0.3) is 0 Å². The summed E-state index contributed by atoms with van der Waals surface area (Å²) in [5.74, 6) is 0.610. The van der Waals surface area contributed by atoms with Gasteiger partial charge in [-0.2, -0.15) is 5.10 Å². The highest BCUT2D eigenvalue weighted by atomic mass is 35.5. The second-order valence-electron chi connectivity index (χ2n) is 4.32. The van der Waals surface area contributed by atoms with Crippen LogP contribution in [0.3, 0.4) is 0 Å². The molecule has 1 aromatic carbocycles. The molecule has 0 fully saturated rings. The van der Waals surface area contributed by atoms with Crippen molar-refractivity contribution in [2.45, 2.75) is 26.5 Å². The molecule has 102 valence electrons. The fourth-order valence-corrected chi connectivity index (χ4v) is 2.30. The third-order valence-corrected chi connectivity index (χ3v) is 3.23. The molecular weight excluding hydrogens is 264 g/mol. The summed E-state index contributed by atoms with van der Waals surface area (Å²) in [6.07, 6.45) is -0.810. The first-order chi connectivity index (χ1) is 9.06. The van der Waals surface area contributed by atoms with Gasteiger partial charge in [0.25, 0.3) is 0 Å². The molecule has 0 aliphatic rings. The average molecular weight is 281 g/mol. The molecule has 2 rings (SSSR count). The molecule has 0 aliphatic carbocycles. The second-order valence-corrected chi connectivity index (χ2v) is 4.75. The number of ether oxygens (including phenoxy) is 1. The molecule has 1 atom stereocenters. The Labute approximate surface area is 117 Å².